The van der Waals surface area contributed by atoms with E-state index in [1.165, 1.54) is 32.1 Å². The molecule has 0 bridgehead atoms. The molecule has 1 saturated heterocycles. The summed E-state index contributed by atoms with van der Waals surface area (Å²) in [6, 6.07) is 1.46. The van der Waals surface area contributed by atoms with Gasteiger partial charge >= 0.3 is 0 Å². The molecule has 21 heavy (non-hydrogen) atoms. The number of nitrogens with one attached hydrogen (secondary N) is 1. The van der Waals surface area contributed by atoms with Crippen molar-refractivity contribution in [3.63, 3.8) is 0 Å². The minimum Gasteiger partial charge on any atom is -0.339 e. The first kappa shape index (κ1) is 18.7. The highest BCUT2D eigenvalue weighted by atomic mass is 35.5. The fraction of sp³-hybridized carbons (Fsp3) is 0.938. The van der Waals surface area contributed by atoms with Gasteiger partial charge in [0.2, 0.25) is 5.91 Å². The number of rotatable bonds is 4. The Bertz CT molecular complexity index is 311. The molecule has 5 heteroatoms. The number of piperazine rings is 1. The van der Waals surface area contributed by atoms with E-state index in [0.29, 0.717) is 30.6 Å². The van der Waals surface area contributed by atoms with Gasteiger partial charge in [0.25, 0.3) is 0 Å². The minimum atomic E-state index is 0. The number of amides is 1. The van der Waals surface area contributed by atoms with Gasteiger partial charge in [-0.2, -0.15) is 0 Å². The van der Waals surface area contributed by atoms with Crippen LogP contribution in [0.4, 0.5) is 0 Å². The fourth-order valence-corrected chi connectivity index (χ4v) is 3.88. The summed E-state index contributed by atoms with van der Waals surface area (Å²) in [6.45, 7) is 9.95. The quantitative estimate of drug-likeness (QED) is 0.864. The molecule has 1 aliphatic heterocycles. The highest BCUT2D eigenvalue weighted by molar-refractivity contribution is 5.85. The largest absolute Gasteiger partial charge is 0.339 e. The Kier molecular flexibility index (Phi) is 7.99. The molecule has 0 aromatic heterocycles. The molecule has 2 fully saturated rings. The van der Waals surface area contributed by atoms with Gasteiger partial charge in [-0.25, -0.2) is 0 Å². The van der Waals surface area contributed by atoms with Gasteiger partial charge in [-0.1, -0.05) is 19.3 Å². The van der Waals surface area contributed by atoms with E-state index in [9.17, 15) is 4.79 Å². The average Bonchev–Trinajstić information content (AvgIpc) is 2.39. The maximum Gasteiger partial charge on any atom is 0.236 e. The number of nitrogens with zero attached hydrogens (tertiary/aromatic N) is 2. The smallest absolute Gasteiger partial charge is 0.236 e. The van der Waals surface area contributed by atoms with Crippen LogP contribution < -0.4 is 5.32 Å². The zero-order valence-electron chi connectivity index (χ0n) is 13.8. The van der Waals surface area contributed by atoms with Gasteiger partial charge in [0.1, 0.15) is 0 Å². The fourth-order valence-electron chi connectivity index (χ4n) is 3.88. The summed E-state index contributed by atoms with van der Waals surface area (Å²) in [5.41, 5.74) is 0. The average molecular weight is 318 g/mol. The van der Waals surface area contributed by atoms with E-state index in [4.69, 9.17) is 0 Å². The Morgan fingerprint density at radius 3 is 2.24 bits per heavy atom. The van der Waals surface area contributed by atoms with Gasteiger partial charge in [0.15, 0.2) is 0 Å². The van der Waals surface area contributed by atoms with Crippen LogP contribution in [-0.2, 0) is 4.79 Å². The van der Waals surface area contributed by atoms with E-state index in [2.05, 4.69) is 35.9 Å². The van der Waals surface area contributed by atoms with Crippen molar-refractivity contribution in [1.82, 2.24) is 15.1 Å². The van der Waals surface area contributed by atoms with Crippen molar-refractivity contribution in [3.05, 3.63) is 0 Å². The Balaban J connectivity index is 0.00000220. The highest BCUT2D eigenvalue weighted by Gasteiger charge is 2.27. The molecule has 1 aliphatic carbocycles. The van der Waals surface area contributed by atoms with Crippen LogP contribution in [0.3, 0.4) is 0 Å². The molecule has 1 heterocycles. The molecular weight excluding hydrogens is 286 g/mol. The van der Waals surface area contributed by atoms with Crippen LogP contribution >= 0.6 is 12.4 Å². The Morgan fingerprint density at radius 1 is 1.14 bits per heavy atom. The minimum absolute atomic E-state index is 0. The molecular formula is C16H32ClN3O. The van der Waals surface area contributed by atoms with E-state index >= 15 is 0 Å². The second kappa shape index (κ2) is 8.96. The van der Waals surface area contributed by atoms with Crippen LogP contribution in [0.25, 0.3) is 0 Å². The third-order valence-electron chi connectivity index (χ3n) is 4.67. The molecule has 124 valence electrons. The summed E-state index contributed by atoms with van der Waals surface area (Å²) in [7, 11) is 0. The van der Waals surface area contributed by atoms with Crippen molar-refractivity contribution in [1.29, 1.82) is 0 Å². The summed E-state index contributed by atoms with van der Waals surface area (Å²) in [4.78, 5) is 17.1. The van der Waals surface area contributed by atoms with E-state index in [0.717, 1.165) is 19.6 Å². The summed E-state index contributed by atoms with van der Waals surface area (Å²) in [6.07, 6.45) is 6.32. The molecule has 2 aliphatic rings. The SMILES string of the molecule is CCN(C(=O)CN1CC(C)NC(C)C1)C1CCCCC1.Cl. The summed E-state index contributed by atoms with van der Waals surface area (Å²) < 4.78 is 0. The summed E-state index contributed by atoms with van der Waals surface area (Å²) in [5, 5.41) is 3.52. The highest BCUT2D eigenvalue weighted by Crippen LogP contribution is 2.22. The second-order valence-electron chi connectivity index (χ2n) is 6.63. The Hall–Kier alpha value is -0.320. The molecule has 4 nitrogen and oxygen atoms in total. The third-order valence-corrected chi connectivity index (χ3v) is 4.67. The zero-order chi connectivity index (χ0) is 14.5. The predicted molar refractivity (Wildman–Crippen MR) is 90.0 cm³/mol. The van der Waals surface area contributed by atoms with Gasteiger partial charge in [-0.15, -0.1) is 12.4 Å². The lowest BCUT2D eigenvalue weighted by Gasteiger charge is -2.38. The lowest BCUT2D eigenvalue weighted by atomic mass is 9.94. The first-order valence-corrected chi connectivity index (χ1v) is 8.38. The lowest BCUT2D eigenvalue weighted by Crippen LogP contribution is -2.57. The lowest BCUT2D eigenvalue weighted by molar-refractivity contribution is -0.135. The van der Waals surface area contributed by atoms with Gasteiger partial charge in [-0.3, -0.25) is 9.69 Å². The van der Waals surface area contributed by atoms with Gasteiger partial charge < -0.3 is 10.2 Å². The second-order valence-corrected chi connectivity index (χ2v) is 6.63. The van der Waals surface area contributed by atoms with Crippen LogP contribution in [0.2, 0.25) is 0 Å². The number of hydrogen-bond donors (Lipinski definition) is 1. The Labute approximate surface area is 136 Å². The standard InChI is InChI=1S/C16H31N3O.ClH/c1-4-19(15-8-6-5-7-9-15)16(20)12-18-10-13(2)17-14(3)11-18;/h13-15,17H,4-12H2,1-3H3;1H. The van der Waals surface area contributed by atoms with E-state index in [-0.39, 0.29) is 12.4 Å². The van der Waals surface area contributed by atoms with Crippen molar-refractivity contribution in [2.45, 2.75) is 71.0 Å². The number of carbonyl (C=O) groups excluding carboxylic acids is 1. The number of likely N-dealkylation sites (N-methyl/N-ethyl adjacent to an activating group) is 1. The first-order chi connectivity index (χ1) is 9.60. The van der Waals surface area contributed by atoms with Crippen molar-refractivity contribution in [2.75, 3.05) is 26.2 Å². The van der Waals surface area contributed by atoms with Gasteiger partial charge in [0, 0.05) is 37.8 Å². The zero-order valence-corrected chi connectivity index (χ0v) is 14.6. The predicted octanol–water partition coefficient (Wildman–Crippen LogP) is 2.27. The molecule has 2 atom stereocenters. The molecule has 0 spiro atoms. The maximum absolute atomic E-state index is 12.6. The maximum atomic E-state index is 12.6. The Morgan fingerprint density at radius 2 is 1.71 bits per heavy atom. The van der Waals surface area contributed by atoms with Crippen LogP contribution in [0.15, 0.2) is 0 Å². The third kappa shape index (κ3) is 5.42. The first-order valence-electron chi connectivity index (χ1n) is 8.38. The molecule has 2 rings (SSSR count). The van der Waals surface area contributed by atoms with Crippen LogP contribution in [0.5, 0.6) is 0 Å². The van der Waals surface area contributed by atoms with Crippen molar-refractivity contribution < 1.29 is 4.79 Å². The molecule has 2 unspecified atom stereocenters. The summed E-state index contributed by atoms with van der Waals surface area (Å²) in [5.74, 6) is 0.334. The normalized spacial score (nSPS) is 28.0. The molecule has 0 aromatic rings. The van der Waals surface area contributed by atoms with E-state index in [1.807, 2.05) is 0 Å². The van der Waals surface area contributed by atoms with Crippen molar-refractivity contribution in [3.8, 4) is 0 Å². The molecule has 0 aromatic carbocycles. The van der Waals surface area contributed by atoms with Crippen molar-refractivity contribution >= 4 is 18.3 Å². The monoisotopic (exact) mass is 317 g/mol. The van der Waals surface area contributed by atoms with Gasteiger partial charge in [0.05, 0.1) is 6.54 Å². The topological polar surface area (TPSA) is 35.6 Å². The molecule has 1 amide bonds. The van der Waals surface area contributed by atoms with E-state index in [1.54, 1.807) is 0 Å². The van der Waals surface area contributed by atoms with Crippen LogP contribution in [0, 0.1) is 0 Å². The van der Waals surface area contributed by atoms with Crippen LogP contribution in [-0.4, -0.2) is 60.0 Å². The number of hydrogen-bond acceptors (Lipinski definition) is 3. The summed E-state index contributed by atoms with van der Waals surface area (Å²) >= 11 is 0. The molecule has 1 N–H and O–H groups in total. The number of halogens is 1. The number of carbonyl (C=O) groups is 1. The van der Waals surface area contributed by atoms with Crippen molar-refractivity contribution in [2.24, 2.45) is 0 Å². The molecule has 0 radical (unpaired) electrons. The van der Waals surface area contributed by atoms with E-state index < -0.39 is 0 Å². The molecule has 1 saturated carbocycles. The van der Waals surface area contributed by atoms with Gasteiger partial charge in [-0.05, 0) is 33.6 Å². The van der Waals surface area contributed by atoms with Crippen LogP contribution in [0.1, 0.15) is 52.9 Å².